The lowest BCUT2D eigenvalue weighted by atomic mass is 10.2. The standard InChI is InChI=1S/C23H24O6/c1-3-5-12-26-22(24)15-27-18-10-11-19-20(13-18)28-14-21(23(19)25)29-17-8-6-16(4-2)7-9-17/h6-11,13-14H,3-5,12,15H2,1-2H3. The predicted molar refractivity (Wildman–Crippen MR) is 110 cm³/mol. The zero-order valence-corrected chi connectivity index (χ0v) is 16.6. The summed E-state index contributed by atoms with van der Waals surface area (Å²) in [7, 11) is 0. The maximum absolute atomic E-state index is 12.7. The van der Waals surface area contributed by atoms with Crippen LogP contribution in [-0.4, -0.2) is 19.2 Å². The highest BCUT2D eigenvalue weighted by atomic mass is 16.6. The number of benzene rings is 2. The molecule has 152 valence electrons. The van der Waals surface area contributed by atoms with E-state index in [0.717, 1.165) is 19.3 Å². The van der Waals surface area contributed by atoms with Crippen LogP contribution in [0.3, 0.4) is 0 Å². The van der Waals surface area contributed by atoms with Crippen LogP contribution in [0.5, 0.6) is 17.2 Å². The van der Waals surface area contributed by atoms with E-state index in [2.05, 4.69) is 6.92 Å². The highest BCUT2D eigenvalue weighted by molar-refractivity contribution is 5.79. The van der Waals surface area contributed by atoms with Crippen molar-refractivity contribution in [2.75, 3.05) is 13.2 Å². The van der Waals surface area contributed by atoms with Crippen molar-refractivity contribution in [3.05, 3.63) is 64.5 Å². The van der Waals surface area contributed by atoms with Crippen molar-refractivity contribution in [3.8, 4) is 17.2 Å². The molecule has 1 aromatic heterocycles. The molecule has 0 saturated carbocycles. The molecule has 0 unspecified atom stereocenters. The molecule has 6 nitrogen and oxygen atoms in total. The Balaban J connectivity index is 1.70. The third-order valence-electron chi connectivity index (χ3n) is 4.39. The van der Waals surface area contributed by atoms with Gasteiger partial charge in [-0.2, -0.15) is 0 Å². The van der Waals surface area contributed by atoms with E-state index >= 15 is 0 Å². The molecule has 0 amide bonds. The number of carbonyl (C=O) groups is 1. The summed E-state index contributed by atoms with van der Waals surface area (Å²) >= 11 is 0. The maximum atomic E-state index is 12.7. The van der Waals surface area contributed by atoms with Crippen LogP contribution >= 0.6 is 0 Å². The summed E-state index contributed by atoms with van der Waals surface area (Å²) in [6.07, 6.45) is 3.98. The van der Waals surface area contributed by atoms with Crippen LogP contribution in [0, 0.1) is 0 Å². The summed E-state index contributed by atoms with van der Waals surface area (Å²) in [4.78, 5) is 24.3. The molecular weight excluding hydrogens is 372 g/mol. The Morgan fingerprint density at radius 1 is 1.03 bits per heavy atom. The molecule has 0 saturated heterocycles. The Bertz CT molecular complexity index is 1020. The molecule has 0 bridgehead atoms. The van der Waals surface area contributed by atoms with Gasteiger partial charge < -0.3 is 18.6 Å². The number of aryl methyl sites for hydroxylation is 1. The monoisotopic (exact) mass is 396 g/mol. The number of esters is 1. The van der Waals surface area contributed by atoms with Crippen LogP contribution < -0.4 is 14.9 Å². The average Bonchev–Trinajstić information content (AvgIpc) is 2.75. The van der Waals surface area contributed by atoms with Crippen LogP contribution in [0.2, 0.25) is 0 Å². The van der Waals surface area contributed by atoms with Gasteiger partial charge in [0.25, 0.3) is 0 Å². The lowest BCUT2D eigenvalue weighted by Gasteiger charge is -2.08. The quantitative estimate of drug-likeness (QED) is 0.379. The minimum atomic E-state index is -0.433. The van der Waals surface area contributed by atoms with Gasteiger partial charge in [-0.05, 0) is 42.7 Å². The minimum absolute atomic E-state index is 0.106. The van der Waals surface area contributed by atoms with E-state index in [1.54, 1.807) is 18.2 Å². The smallest absolute Gasteiger partial charge is 0.344 e. The fourth-order valence-corrected chi connectivity index (χ4v) is 2.69. The Kier molecular flexibility index (Phi) is 6.89. The number of carbonyl (C=O) groups excluding carboxylic acids is 1. The third-order valence-corrected chi connectivity index (χ3v) is 4.39. The van der Waals surface area contributed by atoms with Gasteiger partial charge in [-0.25, -0.2) is 4.79 Å². The molecule has 0 spiro atoms. The van der Waals surface area contributed by atoms with Crippen molar-refractivity contribution < 1.29 is 23.4 Å². The Hall–Kier alpha value is -3.28. The molecule has 0 aliphatic heterocycles. The first-order valence-corrected chi connectivity index (χ1v) is 9.71. The first kappa shape index (κ1) is 20.5. The molecule has 3 aromatic rings. The van der Waals surface area contributed by atoms with Gasteiger partial charge in [-0.3, -0.25) is 4.79 Å². The Morgan fingerprint density at radius 3 is 2.52 bits per heavy atom. The number of hydrogen-bond donors (Lipinski definition) is 0. The zero-order chi connectivity index (χ0) is 20.6. The number of hydrogen-bond acceptors (Lipinski definition) is 6. The van der Waals surface area contributed by atoms with Gasteiger partial charge in [0.2, 0.25) is 11.2 Å². The number of fused-ring (bicyclic) bond motifs is 1. The molecule has 0 aliphatic carbocycles. The van der Waals surface area contributed by atoms with Crippen molar-refractivity contribution in [2.45, 2.75) is 33.1 Å². The van der Waals surface area contributed by atoms with E-state index < -0.39 is 5.97 Å². The van der Waals surface area contributed by atoms with E-state index in [4.69, 9.17) is 18.6 Å². The normalized spacial score (nSPS) is 10.7. The second-order valence-electron chi connectivity index (χ2n) is 6.55. The van der Waals surface area contributed by atoms with E-state index in [0.29, 0.717) is 29.1 Å². The topological polar surface area (TPSA) is 75.0 Å². The fourth-order valence-electron chi connectivity index (χ4n) is 2.69. The second kappa shape index (κ2) is 9.78. The summed E-state index contributed by atoms with van der Waals surface area (Å²) in [6.45, 7) is 4.27. The number of ether oxygens (including phenoxy) is 3. The van der Waals surface area contributed by atoms with Gasteiger partial charge in [0.1, 0.15) is 23.3 Å². The minimum Gasteiger partial charge on any atom is -0.482 e. The second-order valence-corrected chi connectivity index (χ2v) is 6.55. The largest absolute Gasteiger partial charge is 0.482 e. The number of unbranched alkanes of at least 4 members (excludes halogenated alkanes) is 1. The fraction of sp³-hybridized carbons (Fsp3) is 0.304. The summed E-state index contributed by atoms with van der Waals surface area (Å²) in [5.74, 6) is 0.653. The molecule has 0 radical (unpaired) electrons. The van der Waals surface area contributed by atoms with E-state index in [1.807, 2.05) is 31.2 Å². The van der Waals surface area contributed by atoms with Crippen LogP contribution in [0.25, 0.3) is 11.0 Å². The van der Waals surface area contributed by atoms with Crippen LogP contribution in [0.4, 0.5) is 0 Å². The lowest BCUT2D eigenvalue weighted by Crippen LogP contribution is -2.15. The van der Waals surface area contributed by atoms with Crippen molar-refractivity contribution in [3.63, 3.8) is 0 Å². The summed E-state index contributed by atoms with van der Waals surface area (Å²) < 4.78 is 21.7. The molecule has 3 rings (SSSR count). The van der Waals surface area contributed by atoms with E-state index in [-0.39, 0.29) is 17.8 Å². The summed E-state index contributed by atoms with van der Waals surface area (Å²) in [5, 5.41) is 0.366. The van der Waals surface area contributed by atoms with Crippen LogP contribution in [-0.2, 0) is 16.0 Å². The zero-order valence-electron chi connectivity index (χ0n) is 16.6. The number of rotatable bonds is 9. The van der Waals surface area contributed by atoms with Crippen LogP contribution in [0.15, 0.2) is 57.9 Å². The molecule has 6 heteroatoms. The maximum Gasteiger partial charge on any atom is 0.344 e. The molecule has 29 heavy (non-hydrogen) atoms. The van der Waals surface area contributed by atoms with E-state index in [9.17, 15) is 9.59 Å². The third kappa shape index (κ3) is 5.38. The molecular formula is C23H24O6. The van der Waals surface area contributed by atoms with Crippen molar-refractivity contribution >= 4 is 16.9 Å². The first-order chi connectivity index (χ1) is 14.1. The van der Waals surface area contributed by atoms with Crippen molar-refractivity contribution in [2.24, 2.45) is 0 Å². The highest BCUT2D eigenvalue weighted by Crippen LogP contribution is 2.24. The van der Waals surface area contributed by atoms with Crippen LogP contribution in [0.1, 0.15) is 32.3 Å². The molecule has 0 N–H and O–H groups in total. The molecule has 2 aromatic carbocycles. The van der Waals surface area contributed by atoms with Gasteiger partial charge >= 0.3 is 5.97 Å². The molecule has 0 aliphatic rings. The van der Waals surface area contributed by atoms with Crippen molar-refractivity contribution in [1.29, 1.82) is 0 Å². The highest BCUT2D eigenvalue weighted by Gasteiger charge is 2.11. The molecule has 0 fully saturated rings. The summed E-state index contributed by atoms with van der Waals surface area (Å²) in [5.41, 5.74) is 1.25. The lowest BCUT2D eigenvalue weighted by molar-refractivity contribution is -0.146. The van der Waals surface area contributed by atoms with E-state index in [1.165, 1.54) is 11.8 Å². The van der Waals surface area contributed by atoms with Gasteiger partial charge in [0.05, 0.1) is 12.0 Å². The SMILES string of the molecule is CCCCOC(=O)COc1ccc2c(=O)c(Oc3ccc(CC)cc3)coc2c1. The Morgan fingerprint density at radius 2 is 1.79 bits per heavy atom. The predicted octanol–water partition coefficient (Wildman–Crippen LogP) is 4.87. The van der Waals surface area contributed by atoms with Gasteiger partial charge in [0, 0.05) is 6.07 Å². The summed E-state index contributed by atoms with van der Waals surface area (Å²) in [6, 6.07) is 12.3. The first-order valence-electron chi connectivity index (χ1n) is 9.71. The van der Waals surface area contributed by atoms with Gasteiger partial charge in [-0.15, -0.1) is 0 Å². The molecule has 1 heterocycles. The van der Waals surface area contributed by atoms with Gasteiger partial charge in [0.15, 0.2) is 6.61 Å². The van der Waals surface area contributed by atoms with Crippen molar-refractivity contribution in [1.82, 2.24) is 0 Å². The Labute approximate surface area is 169 Å². The van der Waals surface area contributed by atoms with Gasteiger partial charge in [-0.1, -0.05) is 32.4 Å². The molecule has 0 atom stereocenters. The average molecular weight is 396 g/mol.